The van der Waals surface area contributed by atoms with Gasteiger partial charge in [-0.1, -0.05) is 6.92 Å². The van der Waals surface area contributed by atoms with Crippen molar-refractivity contribution in [2.24, 2.45) is 0 Å². The Hall–Kier alpha value is -2.57. The number of alkyl halides is 3. The number of hydrogen-bond donors (Lipinski definition) is 1. The van der Waals surface area contributed by atoms with Crippen molar-refractivity contribution in [1.82, 2.24) is 9.88 Å². The van der Waals surface area contributed by atoms with Gasteiger partial charge in [0.05, 0.1) is 11.1 Å². The molecule has 2 aromatic rings. The fourth-order valence-electron chi connectivity index (χ4n) is 3.34. The van der Waals surface area contributed by atoms with Crippen LogP contribution in [0.4, 0.5) is 24.7 Å². The summed E-state index contributed by atoms with van der Waals surface area (Å²) in [6, 6.07) is 8.37. The molecule has 27 heavy (non-hydrogen) atoms. The number of amides is 1. The lowest BCUT2D eigenvalue weighted by Gasteiger charge is -2.35. The van der Waals surface area contributed by atoms with Crippen molar-refractivity contribution in [3.05, 3.63) is 53.7 Å². The zero-order valence-corrected chi connectivity index (χ0v) is 15.1. The highest BCUT2D eigenvalue weighted by atomic mass is 19.4. The second-order valence-electron chi connectivity index (χ2n) is 6.69. The van der Waals surface area contributed by atoms with Gasteiger partial charge in [0, 0.05) is 24.5 Å². The number of carbonyl (C=O) groups excluding carboxylic acids is 1. The largest absolute Gasteiger partial charge is 0.416 e. The minimum atomic E-state index is -4.36. The Bertz CT molecular complexity index is 773. The second kappa shape index (κ2) is 7.98. The van der Waals surface area contributed by atoms with Crippen LogP contribution in [0, 0.1) is 0 Å². The molecule has 0 bridgehead atoms. The molecule has 1 fully saturated rings. The maximum absolute atomic E-state index is 12.7. The molecule has 1 amide bonds. The minimum Gasteiger partial charge on any atom is -0.340 e. The maximum atomic E-state index is 12.7. The van der Waals surface area contributed by atoms with Gasteiger partial charge in [0.25, 0.3) is 5.91 Å². The van der Waals surface area contributed by atoms with Crippen LogP contribution in [0.3, 0.4) is 0 Å². The van der Waals surface area contributed by atoms with Gasteiger partial charge in [-0.15, -0.1) is 0 Å². The molecule has 1 atom stereocenters. The van der Waals surface area contributed by atoms with E-state index in [2.05, 4.69) is 17.2 Å². The second-order valence-corrected chi connectivity index (χ2v) is 6.69. The van der Waals surface area contributed by atoms with Gasteiger partial charge in [-0.05, 0) is 62.1 Å². The first kappa shape index (κ1) is 19.2. The zero-order chi connectivity index (χ0) is 19.4. The molecule has 0 spiro atoms. The van der Waals surface area contributed by atoms with Crippen LogP contribution >= 0.6 is 0 Å². The van der Waals surface area contributed by atoms with E-state index in [1.54, 1.807) is 12.1 Å². The average Bonchev–Trinajstić information content (AvgIpc) is 2.68. The predicted molar refractivity (Wildman–Crippen MR) is 97.9 cm³/mol. The number of pyridine rings is 1. The van der Waals surface area contributed by atoms with Crippen LogP contribution in [-0.4, -0.2) is 28.4 Å². The molecule has 1 aliphatic rings. The van der Waals surface area contributed by atoms with E-state index in [0.717, 1.165) is 44.4 Å². The molecule has 4 nitrogen and oxygen atoms in total. The molecule has 1 unspecified atom stereocenters. The van der Waals surface area contributed by atoms with Crippen molar-refractivity contribution in [3.63, 3.8) is 0 Å². The number of carbonyl (C=O) groups is 1. The van der Waals surface area contributed by atoms with Gasteiger partial charge >= 0.3 is 6.18 Å². The van der Waals surface area contributed by atoms with Crippen LogP contribution in [0.15, 0.2) is 42.6 Å². The molecule has 1 aliphatic heterocycles. The third kappa shape index (κ3) is 4.59. The standard InChI is InChI=1S/C20H22F3N3O/c1-2-17-5-3-4-12-26(17)19(27)14-6-11-18(24-13-14)25-16-9-7-15(8-10-16)20(21,22)23/h6-11,13,17H,2-5,12H2,1H3,(H,24,25). The lowest BCUT2D eigenvalue weighted by Crippen LogP contribution is -2.43. The normalized spacial score (nSPS) is 17.6. The molecule has 2 heterocycles. The third-order valence-electron chi connectivity index (χ3n) is 4.85. The van der Waals surface area contributed by atoms with E-state index in [1.807, 2.05) is 4.90 Å². The topological polar surface area (TPSA) is 45.2 Å². The Morgan fingerprint density at radius 3 is 2.52 bits per heavy atom. The molecular formula is C20H22F3N3O. The number of piperidine rings is 1. The Labute approximate surface area is 156 Å². The number of anilines is 2. The lowest BCUT2D eigenvalue weighted by molar-refractivity contribution is -0.137. The van der Waals surface area contributed by atoms with Crippen molar-refractivity contribution in [2.75, 3.05) is 11.9 Å². The summed E-state index contributed by atoms with van der Waals surface area (Å²) in [5.41, 5.74) is 0.318. The average molecular weight is 377 g/mol. The third-order valence-corrected chi connectivity index (χ3v) is 4.85. The van der Waals surface area contributed by atoms with Gasteiger partial charge in [0.15, 0.2) is 0 Å². The van der Waals surface area contributed by atoms with E-state index in [1.165, 1.54) is 18.3 Å². The van der Waals surface area contributed by atoms with Gasteiger partial charge < -0.3 is 10.2 Å². The van der Waals surface area contributed by atoms with Gasteiger partial charge in [0.2, 0.25) is 0 Å². The molecule has 1 saturated heterocycles. The number of likely N-dealkylation sites (tertiary alicyclic amines) is 1. The number of nitrogens with zero attached hydrogens (tertiary/aromatic N) is 2. The van der Waals surface area contributed by atoms with E-state index in [9.17, 15) is 18.0 Å². The lowest BCUT2D eigenvalue weighted by atomic mass is 9.99. The highest BCUT2D eigenvalue weighted by Gasteiger charge is 2.30. The van der Waals surface area contributed by atoms with E-state index in [-0.39, 0.29) is 11.9 Å². The Morgan fingerprint density at radius 1 is 1.19 bits per heavy atom. The van der Waals surface area contributed by atoms with Crippen molar-refractivity contribution in [2.45, 2.75) is 44.8 Å². The van der Waals surface area contributed by atoms with E-state index < -0.39 is 11.7 Å². The number of halogens is 3. The van der Waals surface area contributed by atoms with Crippen molar-refractivity contribution in [1.29, 1.82) is 0 Å². The zero-order valence-electron chi connectivity index (χ0n) is 15.1. The van der Waals surface area contributed by atoms with Crippen LogP contribution in [0.5, 0.6) is 0 Å². The molecule has 7 heteroatoms. The summed E-state index contributed by atoms with van der Waals surface area (Å²) in [5.74, 6) is 0.451. The molecular weight excluding hydrogens is 355 g/mol. The molecule has 144 valence electrons. The van der Waals surface area contributed by atoms with E-state index in [0.29, 0.717) is 17.1 Å². The number of hydrogen-bond acceptors (Lipinski definition) is 3. The minimum absolute atomic E-state index is 0.0184. The van der Waals surface area contributed by atoms with Gasteiger partial charge in [-0.25, -0.2) is 4.98 Å². The van der Waals surface area contributed by atoms with Crippen LogP contribution in [-0.2, 0) is 6.18 Å². The summed E-state index contributed by atoms with van der Waals surface area (Å²) < 4.78 is 37.8. The van der Waals surface area contributed by atoms with Gasteiger partial charge in [0.1, 0.15) is 5.82 Å². The molecule has 1 N–H and O–H groups in total. The maximum Gasteiger partial charge on any atom is 0.416 e. The summed E-state index contributed by atoms with van der Waals surface area (Å²) >= 11 is 0. The van der Waals surface area contributed by atoms with Crippen molar-refractivity contribution >= 4 is 17.4 Å². The van der Waals surface area contributed by atoms with Crippen LogP contribution in [0.1, 0.15) is 48.5 Å². The fourth-order valence-corrected chi connectivity index (χ4v) is 3.34. The fraction of sp³-hybridized carbons (Fsp3) is 0.400. The predicted octanol–water partition coefficient (Wildman–Crippen LogP) is 5.25. The SMILES string of the molecule is CCC1CCCCN1C(=O)c1ccc(Nc2ccc(C(F)(F)F)cc2)nc1. The van der Waals surface area contributed by atoms with Crippen LogP contribution < -0.4 is 5.32 Å². The van der Waals surface area contributed by atoms with Crippen molar-refractivity contribution in [3.8, 4) is 0 Å². The Balaban J connectivity index is 1.67. The number of benzene rings is 1. The van der Waals surface area contributed by atoms with Crippen LogP contribution in [0.25, 0.3) is 0 Å². The Kier molecular flexibility index (Phi) is 5.68. The molecule has 0 radical (unpaired) electrons. The molecule has 1 aromatic carbocycles. The highest BCUT2D eigenvalue weighted by molar-refractivity contribution is 5.94. The van der Waals surface area contributed by atoms with E-state index >= 15 is 0 Å². The number of nitrogens with one attached hydrogen (secondary N) is 1. The van der Waals surface area contributed by atoms with Gasteiger partial charge in [-0.2, -0.15) is 13.2 Å². The molecule has 1 aromatic heterocycles. The Morgan fingerprint density at radius 2 is 1.93 bits per heavy atom. The number of aromatic nitrogens is 1. The first-order valence-electron chi connectivity index (χ1n) is 9.10. The number of rotatable bonds is 4. The quantitative estimate of drug-likeness (QED) is 0.792. The molecule has 0 saturated carbocycles. The van der Waals surface area contributed by atoms with Gasteiger partial charge in [-0.3, -0.25) is 4.79 Å². The smallest absolute Gasteiger partial charge is 0.340 e. The van der Waals surface area contributed by atoms with Crippen LogP contribution in [0.2, 0.25) is 0 Å². The first-order valence-corrected chi connectivity index (χ1v) is 9.10. The highest BCUT2D eigenvalue weighted by Crippen LogP contribution is 2.30. The summed E-state index contributed by atoms with van der Waals surface area (Å²) in [5, 5.41) is 2.94. The van der Waals surface area contributed by atoms with E-state index in [4.69, 9.17) is 0 Å². The summed E-state index contributed by atoms with van der Waals surface area (Å²) in [6.07, 6.45) is 1.29. The summed E-state index contributed by atoms with van der Waals surface area (Å²) in [4.78, 5) is 18.9. The summed E-state index contributed by atoms with van der Waals surface area (Å²) in [7, 11) is 0. The molecule has 0 aliphatic carbocycles. The molecule has 3 rings (SSSR count). The summed E-state index contributed by atoms with van der Waals surface area (Å²) in [6.45, 7) is 2.86. The monoisotopic (exact) mass is 377 g/mol. The van der Waals surface area contributed by atoms with Crippen molar-refractivity contribution < 1.29 is 18.0 Å². The first-order chi connectivity index (χ1) is 12.9.